The van der Waals surface area contributed by atoms with Gasteiger partial charge in [0, 0.05) is 23.2 Å². The van der Waals surface area contributed by atoms with E-state index in [4.69, 9.17) is 23.7 Å². The van der Waals surface area contributed by atoms with Crippen molar-refractivity contribution in [1.29, 1.82) is 0 Å². The first-order valence-corrected chi connectivity index (χ1v) is 13.9. The molecule has 13 nitrogen and oxygen atoms in total. The monoisotopic (exact) mass is 600 g/mol. The maximum absolute atomic E-state index is 13.2. The van der Waals surface area contributed by atoms with E-state index in [1.54, 1.807) is 53.6 Å². The zero-order valence-electron chi connectivity index (χ0n) is 22.9. The van der Waals surface area contributed by atoms with Gasteiger partial charge in [-0.15, -0.1) is 21.5 Å². The maximum Gasteiger partial charge on any atom is 0.251 e. The van der Waals surface area contributed by atoms with Crippen LogP contribution in [0.3, 0.4) is 0 Å². The highest BCUT2D eigenvalue weighted by atomic mass is 32.2. The van der Waals surface area contributed by atoms with Crippen molar-refractivity contribution in [3.63, 3.8) is 0 Å². The number of nitrogens with one attached hydrogen (secondary N) is 2. The van der Waals surface area contributed by atoms with Crippen LogP contribution in [0.5, 0.6) is 28.7 Å². The molecule has 2 aromatic heterocycles. The number of hydrogen-bond acceptors (Lipinski definition) is 12. The number of rotatable bonds is 13. The van der Waals surface area contributed by atoms with Crippen LogP contribution in [0.15, 0.2) is 47.1 Å². The number of amides is 2. The number of hydrogen-bond donors (Lipinski definition) is 2. The number of anilines is 1. The Kier molecular flexibility index (Phi) is 9.86. The zero-order valence-corrected chi connectivity index (χ0v) is 24.6. The molecular formula is C26H28N6O7S2. The molecule has 0 bridgehead atoms. The first-order chi connectivity index (χ1) is 19.9. The van der Waals surface area contributed by atoms with E-state index in [0.717, 1.165) is 0 Å². The van der Waals surface area contributed by atoms with Gasteiger partial charge in [0.05, 0.1) is 53.5 Å². The van der Waals surface area contributed by atoms with Crippen molar-refractivity contribution in [2.45, 2.75) is 11.7 Å². The van der Waals surface area contributed by atoms with Gasteiger partial charge in [0.2, 0.25) is 11.7 Å². The standard InChI is InChI=1S/C26H28N6O7S2/c1-35-16-6-7-18(36-2)17(12-16)32-21(30-31-26(32)41-14-22(33)29-25-27-8-9-40-25)13-28-24(34)15-10-19(37-3)23(39-5)20(11-15)38-4/h6-12H,13-14H2,1-5H3,(H,28,34)(H,27,29,33). The van der Waals surface area contributed by atoms with Crippen LogP contribution in [-0.4, -0.2) is 72.9 Å². The molecule has 4 rings (SSSR count). The van der Waals surface area contributed by atoms with E-state index in [9.17, 15) is 9.59 Å². The van der Waals surface area contributed by atoms with Crippen LogP contribution in [0.2, 0.25) is 0 Å². The van der Waals surface area contributed by atoms with Crippen LogP contribution < -0.4 is 34.3 Å². The van der Waals surface area contributed by atoms with Crippen molar-refractivity contribution >= 4 is 40.0 Å². The number of nitrogens with zero attached hydrogens (tertiary/aromatic N) is 4. The Bertz CT molecular complexity index is 1490. The number of thioether (sulfide) groups is 1. The molecule has 2 amide bonds. The number of thiazole rings is 1. The van der Waals surface area contributed by atoms with Gasteiger partial charge in [-0.25, -0.2) is 4.98 Å². The average molecular weight is 601 g/mol. The molecule has 0 aliphatic rings. The van der Waals surface area contributed by atoms with Gasteiger partial charge in [0.1, 0.15) is 11.5 Å². The Morgan fingerprint density at radius 2 is 1.66 bits per heavy atom. The van der Waals surface area contributed by atoms with Crippen molar-refractivity contribution in [3.05, 3.63) is 53.3 Å². The van der Waals surface area contributed by atoms with Crippen LogP contribution in [-0.2, 0) is 11.3 Å². The van der Waals surface area contributed by atoms with Crippen molar-refractivity contribution < 1.29 is 33.3 Å². The van der Waals surface area contributed by atoms with Gasteiger partial charge in [-0.3, -0.25) is 14.2 Å². The smallest absolute Gasteiger partial charge is 0.251 e. The quantitative estimate of drug-likeness (QED) is 0.218. The number of aromatic nitrogens is 4. The topological polar surface area (TPSA) is 148 Å². The highest BCUT2D eigenvalue weighted by Gasteiger charge is 2.22. The summed E-state index contributed by atoms with van der Waals surface area (Å²) in [5.41, 5.74) is 0.856. The van der Waals surface area contributed by atoms with Gasteiger partial charge >= 0.3 is 0 Å². The minimum absolute atomic E-state index is 0.00523. The van der Waals surface area contributed by atoms with E-state index in [1.165, 1.54) is 51.5 Å². The van der Waals surface area contributed by atoms with Crippen LogP contribution in [0.1, 0.15) is 16.2 Å². The molecule has 0 radical (unpaired) electrons. The Labute approximate surface area is 244 Å². The summed E-state index contributed by atoms with van der Waals surface area (Å²) >= 11 is 2.49. The zero-order chi connectivity index (χ0) is 29.4. The van der Waals surface area contributed by atoms with Crippen LogP contribution in [0.4, 0.5) is 5.13 Å². The number of ether oxygens (including phenoxy) is 5. The molecule has 4 aromatic rings. The molecule has 0 aliphatic carbocycles. The van der Waals surface area contributed by atoms with Gasteiger partial charge in [-0.05, 0) is 24.3 Å². The summed E-state index contributed by atoms with van der Waals surface area (Å²) in [4.78, 5) is 29.8. The van der Waals surface area contributed by atoms with Crippen molar-refractivity contribution in [2.24, 2.45) is 0 Å². The summed E-state index contributed by atoms with van der Waals surface area (Å²) < 4.78 is 28.8. The lowest BCUT2D eigenvalue weighted by molar-refractivity contribution is -0.113. The summed E-state index contributed by atoms with van der Waals surface area (Å²) in [5.74, 6) is 1.91. The van der Waals surface area contributed by atoms with Gasteiger partial charge in [0.25, 0.3) is 5.91 Å². The highest BCUT2D eigenvalue weighted by molar-refractivity contribution is 7.99. The first kappa shape index (κ1) is 29.5. The van der Waals surface area contributed by atoms with E-state index in [0.29, 0.717) is 50.5 Å². The first-order valence-electron chi connectivity index (χ1n) is 12.0. The van der Waals surface area contributed by atoms with Crippen LogP contribution in [0.25, 0.3) is 5.69 Å². The predicted octanol–water partition coefficient (Wildman–Crippen LogP) is 3.43. The Balaban J connectivity index is 1.62. The summed E-state index contributed by atoms with van der Waals surface area (Å²) in [6.07, 6.45) is 1.61. The van der Waals surface area contributed by atoms with E-state index < -0.39 is 5.91 Å². The summed E-state index contributed by atoms with van der Waals surface area (Å²) in [6.45, 7) is -0.00523. The van der Waals surface area contributed by atoms with E-state index >= 15 is 0 Å². The lowest BCUT2D eigenvalue weighted by Crippen LogP contribution is -2.25. The fraction of sp³-hybridized carbons (Fsp3) is 0.269. The average Bonchev–Trinajstić information content (AvgIpc) is 3.67. The molecule has 0 spiro atoms. The summed E-state index contributed by atoms with van der Waals surface area (Å²) in [5, 5.41) is 16.9. The minimum Gasteiger partial charge on any atom is -0.497 e. The third-order valence-electron chi connectivity index (χ3n) is 5.67. The van der Waals surface area contributed by atoms with E-state index in [1.807, 2.05) is 0 Å². The predicted molar refractivity (Wildman–Crippen MR) is 153 cm³/mol. The maximum atomic E-state index is 13.2. The molecule has 216 valence electrons. The molecular weight excluding hydrogens is 572 g/mol. The number of methoxy groups -OCH3 is 5. The lowest BCUT2D eigenvalue weighted by Gasteiger charge is -2.16. The lowest BCUT2D eigenvalue weighted by atomic mass is 10.1. The molecule has 0 aliphatic heterocycles. The minimum atomic E-state index is -0.409. The second-order valence-electron chi connectivity index (χ2n) is 8.04. The Morgan fingerprint density at radius 1 is 0.927 bits per heavy atom. The third kappa shape index (κ3) is 6.81. The Hall–Kier alpha value is -4.50. The molecule has 0 saturated heterocycles. The van der Waals surface area contributed by atoms with Crippen molar-refractivity contribution in [2.75, 3.05) is 46.6 Å². The molecule has 2 aromatic carbocycles. The normalized spacial score (nSPS) is 10.6. The third-order valence-corrected chi connectivity index (χ3v) is 7.29. The summed E-state index contributed by atoms with van der Waals surface area (Å²) in [6, 6.07) is 8.36. The van der Waals surface area contributed by atoms with Gasteiger partial charge < -0.3 is 34.3 Å². The molecule has 2 N–H and O–H groups in total. The second-order valence-corrected chi connectivity index (χ2v) is 9.88. The molecule has 2 heterocycles. The van der Waals surface area contributed by atoms with E-state index in [-0.39, 0.29) is 23.8 Å². The fourth-order valence-electron chi connectivity index (χ4n) is 3.77. The van der Waals surface area contributed by atoms with Gasteiger partial charge in [-0.2, -0.15) is 0 Å². The van der Waals surface area contributed by atoms with Gasteiger partial charge in [-0.1, -0.05) is 11.8 Å². The largest absolute Gasteiger partial charge is 0.497 e. The van der Waals surface area contributed by atoms with Crippen molar-refractivity contribution in [1.82, 2.24) is 25.1 Å². The van der Waals surface area contributed by atoms with Crippen molar-refractivity contribution in [3.8, 4) is 34.4 Å². The number of carbonyl (C=O) groups is 2. The molecule has 41 heavy (non-hydrogen) atoms. The fourth-order valence-corrected chi connectivity index (χ4v) is 5.07. The number of carbonyl (C=O) groups excluding carboxylic acids is 2. The SMILES string of the molecule is COc1ccc(OC)c(-n2c(CNC(=O)c3cc(OC)c(OC)c(OC)c3)nnc2SCC(=O)Nc2nccs2)c1. The van der Waals surface area contributed by atoms with Crippen LogP contribution >= 0.6 is 23.1 Å². The molecule has 0 atom stereocenters. The van der Waals surface area contributed by atoms with Gasteiger partial charge in [0.15, 0.2) is 27.6 Å². The van der Waals surface area contributed by atoms with Crippen LogP contribution in [0, 0.1) is 0 Å². The Morgan fingerprint density at radius 3 is 2.27 bits per heavy atom. The number of benzene rings is 2. The summed E-state index contributed by atoms with van der Waals surface area (Å²) in [7, 11) is 7.52. The molecule has 0 saturated carbocycles. The second kappa shape index (κ2) is 13.7. The molecule has 0 unspecified atom stereocenters. The van der Waals surface area contributed by atoms with E-state index in [2.05, 4.69) is 25.8 Å². The highest BCUT2D eigenvalue weighted by Crippen LogP contribution is 2.38. The molecule has 0 fully saturated rings. The molecule has 15 heteroatoms.